The fourth-order valence-corrected chi connectivity index (χ4v) is 3.39. The Labute approximate surface area is 109 Å². The third-order valence-corrected chi connectivity index (χ3v) is 4.66. The fourth-order valence-electron chi connectivity index (χ4n) is 1.30. The van der Waals surface area contributed by atoms with Gasteiger partial charge in [0.1, 0.15) is 0 Å². The zero-order chi connectivity index (χ0) is 13.5. The van der Waals surface area contributed by atoms with E-state index in [2.05, 4.69) is 63.7 Å². The molecule has 0 saturated heterocycles. The van der Waals surface area contributed by atoms with Gasteiger partial charge in [-0.25, -0.2) is 0 Å². The summed E-state index contributed by atoms with van der Waals surface area (Å²) >= 11 is 0. The van der Waals surface area contributed by atoms with Gasteiger partial charge in [-0.05, 0) is 54.5 Å². The Kier molecular flexibility index (Phi) is 7.51. The average Bonchev–Trinajstić information content (AvgIpc) is 2.06. The molecule has 3 N–H and O–H groups in total. The molecule has 5 heteroatoms. The smallest absolute Gasteiger partial charge is 0.336 e. The molecule has 0 radical (unpaired) electrons. The second kappa shape index (κ2) is 7.48. The zero-order valence-electron chi connectivity index (χ0n) is 12.6. The lowest BCUT2D eigenvalue weighted by molar-refractivity contribution is 0.251. The molecule has 4 nitrogen and oxygen atoms in total. The first-order valence-electron chi connectivity index (χ1n) is 6.52. The molecular formula is C12H31N3OSi. The predicted molar refractivity (Wildman–Crippen MR) is 77.2 cm³/mol. The fraction of sp³-hybridized carbons (Fsp3) is 1.00. The highest BCUT2D eigenvalue weighted by molar-refractivity contribution is 6.46. The van der Waals surface area contributed by atoms with Gasteiger partial charge in [0, 0.05) is 11.1 Å². The molecule has 0 aliphatic carbocycles. The van der Waals surface area contributed by atoms with E-state index >= 15 is 0 Å². The molecule has 17 heavy (non-hydrogen) atoms. The Morgan fingerprint density at radius 2 is 1.41 bits per heavy atom. The SMILES string of the molecule is CCCNCO[SiH](NC(C)(C)C)NC(C)(C)C. The molecule has 0 aliphatic heterocycles. The van der Waals surface area contributed by atoms with E-state index in [0.29, 0.717) is 6.73 Å². The van der Waals surface area contributed by atoms with Gasteiger partial charge < -0.3 is 14.4 Å². The average molecular weight is 261 g/mol. The maximum Gasteiger partial charge on any atom is 0.336 e. The first-order chi connectivity index (χ1) is 7.64. The second-order valence-corrected chi connectivity index (χ2v) is 8.15. The molecule has 0 heterocycles. The van der Waals surface area contributed by atoms with Crippen molar-refractivity contribution in [1.29, 1.82) is 0 Å². The summed E-state index contributed by atoms with van der Waals surface area (Å²) in [4.78, 5) is 7.11. The summed E-state index contributed by atoms with van der Waals surface area (Å²) in [5, 5.41) is 3.27. The summed E-state index contributed by atoms with van der Waals surface area (Å²) in [6.45, 7) is 16.8. The van der Waals surface area contributed by atoms with Crippen LogP contribution >= 0.6 is 0 Å². The Balaban J connectivity index is 4.12. The molecule has 0 saturated carbocycles. The molecule has 0 amide bonds. The monoisotopic (exact) mass is 261 g/mol. The van der Waals surface area contributed by atoms with E-state index in [9.17, 15) is 0 Å². The summed E-state index contributed by atoms with van der Waals surface area (Å²) in [6.07, 6.45) is 1.13. The van der Waals surface area contributed by atoms with Gasteiger partial charge in [-0.1, -0.05) is 6.92 Å². The lowest BCUT2D eigenvalue weighted by atomic mass is 10.1. The summed E-state index contributed by atoms with van der Waals surface area (Å²) in [5.41, 5.74) is 0.166. The van der Waals surface area contributed by atoms with Gasteiger partial charge in [0.05, 0.1) is 6.73 Å². The predicted octanol–water partition coefficient (Wildman–Crippen LogP) is 1.45. The van der Waals surface area contributed by atoms with E-state index in [0.717, 1.165) is 13.0 Å². The molecular weight excluding hydrogens is 230 g/mol. The molecule has 104 valence electrons. The Bertz CT molecular complexity index is 183. The van der Waals surface area contributed by atoms with Crippen LogP contribution in [0.2, 0.25) is 0 Å². The number of rotatable bonds is 7. The van der Waals surface area contributed by atoms with Crippen molar-refractivity contribution in [3.05, 3.63) is 0 Å². The van der Waals surface area contributed by atoms with Gasteiger partial charge in [0.25, 0.3) is 0 Å². The van der Waals surface area contributed by atoms with E-state index < -0.39 is 9.36 Å². The summed E-state index contributed by atoms with van der Waals surface area (Å²) in [6, 6.07) is 0. The van der Waals surface area contributed by atoms with Crippen molar-refractivity contribution in [3.63, 3.8) is 0 Å². The highest BCUT2D eigenvalue weighted by atomic mass is 28.3. The van der Waals surface area contributed by atoms with Crippen LogP contribution in [0.1, 0.15) is 54.9 Å². The second-order valence-electron chi connectivity index (χ2n) is 6.48. The van der Waals surface area contributed by atoms with E-state index in [1.54, 1.807) is 0 Å². The molecule has 0 aromatic heterocycles. The molecule has 0 aromatic carbocycles. The highest BCUT2D eigenvalue weighted by Gasteiger charge is 2.24. The summed E-state index contributed by atoms with van der Waals surface area (Å²) in [7, 11) is -1.59. The van der Waals surface area contributed by atoms with Crippen LogP contribution in [0.25, 0.3) is 0 Å². The Morgan fingerprint density at radius 1 is 0.941 bits per heavy atom. The van der Waals surface area contributed by atoms with Crippen LogP contribution < -0.4 is 15.3 Å². The van der Waals surface area contributed by atoms with E-state index in [1.807, 2.05) is 0 Å². The molecule has 0 spiro atoms. The summed E-state index contributed by atoms with van der Waals surface area (Å²) in [5.74, 6) is 0. The normalized spacial score (nSPS) is 13.4. The quantitative estimate of drug-likeness (QED) is 0.369. The molecule has 0 atom stereocenters. The standard InChI is InChI=1S/C12H31N3OSi/c1-8-9-13-10-16-17(14-11(2,3)4)15-12(5,6)7/h13-15,17H,8-10H2,1-7H3. The lowest BCUT2D eigenvalue weighted by Gasteiger charge is -2.32. The minimum atomic E-state index is -1.59. The van der Waals surface area contributed by atoms with Gasteiger partial charge in [0.15, 0.2) is 0 Å². The van der Waals surface area contributed by atoms with Crippen LogP contribution in [-0.2, 0) is 4.43 Å². The van der Waals surface area contributed by atoms with Crippen LogP contribution in [0, 0.1) is 0 Å². The van der Waals surface area contributed by atoms with Gasteiger partial charge in [-0.15, -0.1) is 0 Å². The van der Waals surface area contributed by atoms with Crippen molar-refractivity contribution in [2.75, 3.05) is 13.3 Å². The van der Waals surface area contributed by atoms with Crippen LogP contribution in [0.4, 0.5) is 0 Å². The Morgan fingerprint density at radius 3 is 1.76 bits per heavy atom. The maximum absolute atomic E-state index is 5.90. The minimum Gasteiger partial charge on any atom is -0.381 e. The largest absolute Gasteiger partial charge is 0.381 e. The van der Waals surface area contributed by atoms with Crippen LogP contribution in [0.5, 0.6) is 0 Å². The molecule has 0 bridgehead atoms. The van der Waals surface area contributed by atoms with Crippen molar-refractivity contribution in [3.8, 4) is 0 Å². The van der Waals surface area contributed by atoms with Gasteiger partial charge in [0.2, 0.25) is 0 Å². The third-order valence-electron chi connectivity index (χ3n) is 1.91. The van der Waals surface area contributed by atoms with Crippen LogP contribution in [-0.4, -0.2) is 33.7 Å². The molecule has 0 fully saturated rings. The van der Waals surface area contributed by atoms with Crippen molar-refractivity contribution < 1.29 is 4.43 Å². The first kappa shape index (κ1) is 17.1. The summed E-state index contributed by atoms with van der Waals surface area (Å²) < 4.78 is 5.90. The lowest BCUT2D eigenvalue weighted by Crippen LogP contribution is -2.62. The van der Waals surface area contributed by atoms with Gasteiger partial charge >= 0.3 is 9.36 Å². The maximum atomic E-state index is 5.90. The number of nitrogens with one attached hydrogen (secondary N) is 3. The number of hydrogen-bond acceptors (Lipinski definition) is 4. The van der Waals surface area contributed by atoms with E-state index in [4.69, 9.17) is 4.43 Å². The third kappa shape index (κ3) is 12.3. The number of hydrogen-bond donors (Lipinski definition) is 3. The van der Waals surface area contributed by atoms with Crippen LogP contribution in [0.15, 0.2) is 0 Å². The van der Waals surface area contributed by atoms with Crippen molar-refractivity contribution >= 4 is 9.36 Å². The van der Waals surface area contributed by atoms with Crippen molar-refractivity contribution in [2.45, 2.75) is 66.0 Å². The topological polar surface area (TPSA) is 45.3 Å². The zero-order valence-corrected chi connectivity index (χ0v) is 13.8. The van der Waals surface area contributed by atoms with Gasteiger partial charge in [-0.3, -0.25) is 5.32 Å². The molecule has 0 unspecified atom stereocenters. The van der Waals surface area contributed by atoms with Crippen LogP contribution in [0.3, 0.4) is 0 Å². The minimum absolute atomic E-state index is 0.0832. The molecule has 0 aliphatic rings. The first-order valence-corrected chi connectivity index (χ1v) is 8.14. The van der Waals surface area contributed by atoms with Crippen molar-refractivity contribution in [2.24, 2.45) is 0 Å². The van der Waals surface area contributed by atoms with Gasteiger partial charge in [-0.2, -0.15) is 0 Å². The molecule has 0 aromatic rings. The van der Waals surface area contributed by atoms with E-state index in [1.165, 1.54) is 0 Å². The Hall–Kier alpha value is 0.0569. The van der Waals surface area contributed by atoms with Crippen molar-refractivity contribution in [1.82, 2.24) is 15.3 Å². The molecule has 0 rings (SSSR count). The highest BCUT2D eigenvalue weighted by Crippen LogP contribution is 2.03. The van der Waals surface area contributed by atoms with E-state index in [-0.39, 0.29) is 11.1 Å².